The van der Waals surface area contributed by atoms with E-state index in [0.717, 1.165) is 34.6 Å². The van der Waals surface area contributed by atoms with E-state index in [4.69, 9.17) is 4.74 Å². The number of carbonyl (C=O) groups is 4. The third kappa shape index (κ3) is 4.66. The van der Waals surface area contributed by atoms with Gasteiger partial charge in [-0.05, 0) is 19.8 Å². The van der Waals surface area contributed by atoms with E-state index in [-0.39, 0.29) is 23.7 Å². The van der Waals surface area contributed by atoms with Crippen molar-refractivity contribution in [3.8, 4) is 11.3 Å². The number of anilines is 1. The number of hydrogen-bond acceptors (Lipinski definition) is 7. The van der Waals surface area contributed by atoms with Crippen LogP contribution in [0.2, 0.25) is 0 Å². The number of likely N-dealkylation sites (tertiary alicyclic amines) is 1. The van der Waals surface area contributed by atoms with Gasteiger partial charge in [-0.1, -0.05) is 42.7 Å². The van der Waals surface area contributed by atoms with Gasteiger partial charge in [0, 0.05) is 10.9 Å². The topological polar surface area (TPSA) is 106 Å². The smallest absolute Gasteiger partial charge is 0.326 e. The Balaban J connectivity index is 1.26. The molecule has 1 saturated heterocycles. The first kappa shape index (κ1) is 21.2. The molecule has 8 nitrogen and oxygen atoms in total. The van der Waals surface area contributed by atoms with Gasteiger partial charge in [0.25, 0.3) is 5.91 Å². The van der Waals surface area contributed by atoms with Gasteiger partial charge in [-0.15, -0.1) is 11.3 Å². The number of thiazole rings is 1. The summed E-state index contributed by atoms with van der Waals surface area (Å²) in [5, 5.41) is 4.82. The van der Waals surface area contributed by atoms with Crippen molar-refractivity contribution in [2.45, 2.75) is 32.6 Å². The van der Waals surface area contributed by atoms with E-state index in [2.05, 4.69) is 10.3 Å². The molecule has 3 amide bonds. The maximum atomic E-state index is 12.4. The lowest BCUT2D eigenvalue weighted by Gasteiger charge is -2.19. The van der Waals surface area contributed by atoms with Crippen molar-refractivity contribution in [2.75, 3.05) is 18.5 Å². The van der Waals surface area contributed by atoms with Crippen molar-refractivity contribution in [1.82, 2.24) is 9.88 Å². The fraction of sp³-hybridized carbons (Fsp3) is 0.409. The summed E-state index contributed by atoms with van der Waals surface area (Å²) in [5.74, 6) is -2.55. The van der Waals surface area contributed by atoms with Gasteiger partial charge < -0.3 is 4.74 Å². The number of amides is 3. The van der Waals surface area contributed by atoms with Crippen LogP contribution in [0.5, 0.6) is 0 Å². The highest BCUT2D eigenvalue weighted by atomic mass is 32.1. The fourth-order valence-electron chi connectivity index (χ4n) is 4.05. The molecule has 1 N–H and O–H groups in total. The van der Waals surface area contributed by atoms with E-state index < -0.39 is 25.0 Å². The fourth-order valence-corrected chi connectivity index (χ4v) is 4.79. The number of nitrogens with one attached hydrogen (secondary N) is 1. The van der Waals surface area contributed by atoms with E-state index in [0.29, 0.717) is 18.0 Å². The van der Waals surface area contributed by atoms with Gasteiger partial charge in [-0.2, -0.15) is 0 Å². The maximum Gasteiger partial charge on any atom is 0.326 e. The van der Waals surface area contributed by atoms with Crippen LogP contribution in [0.25, 0.3) is 11.3 Å². The zero-order valence-corrected chi connectivity index (χ0v) is 17.9. The van der Waals surface area contributed by atoms with Crippen LogP contribution in [0.1, 0.15) is 31.2 Å². The summed E-state index contributed by atoms with van der Waals surface area (Å²) in [6, 6.07) is 7.87. The SMILES string of the molecule is Cc1ccc(-c2csc(NC(=O)COC(=O)CN3C(=O)C4CCCCC4C3=O)n2)cc1. The first-order valence-corrected chi connectivity index (χ1v) is 11.1. The van der Waals surface area contributed by atoms with Crippen molar-refractivity contribution in [3.63, 3.8) is 0 Å². The number of esters is 1. The molecule has 9 heteroatoms. The molecule has 2 aliphatic rings. The molecule has 2 unspecified atom stereocenters. The van der Waals surface area contributed by atoms with Crippen LogP contribution in [-0.2, 0) is 23.9 Å². The third-order valence-electron chi connectivity index (χ3n) is 5.68. The van der Waals surface area contributed by atoms with Gasteiger partial charge in [-0.3, -0.25) is 29.4 Å². The van der Waals surface area contributed by atoms with Crippen LogP contribution in [0.4, 0.5) is 5.13 Å². The molecule has 2 atom stereocenters. The number of ether oxygens (including phenoxy) is 1. The number of imide groups is 1. The molecule has 1 aromatic carbocycles. The molecule has 2 aromatic rings. The standard InChI is InChI=1S/C22H23N3O5S/c1-13-6-8-14(9-7-13)17-12-31-22(23-17)24-18(26)11-30-19(27)10-25-20(28)15-4-2-3-5-16(15)21(25)29/h6-9,12,15-16H,2-5,10-11H2,1H3,(H,23,24,26). The van der Waals surface area contributed by atoms with Crippen molar-refractivity contribution >= 4 is 40.2 Å². The zero-order chi connectivity index (χ0) is 22.0. The largest absolute Gasteiger partial charge is 0.454 e. The number of nitrogens with zero attached hydrogens (tertiary/aromatic N) is 2. The van der Waals surface area contributed by atoms with Gasteiger partial charge in [0.1, 0.15) is 6.54 Å². The van der Waals surface area contributed by atoms with Crippen LogP contribution in [0, 0.1) is 18.8 Å². The van der Waals surface area contributed by atoms with Crippen molar-refractivity contribution < 1.29 is 23.9 Å². The summed E-state index contributed by atoms with van der Waals surface area (Å²) in [6.07, 6.45) is 3.20. The van der Waals surface area contributed by atoms with Gasteiger partial charge in [-0.25, -0.2) is 4.98 Å². The minimum atomic E-state index is -0.782. The van der Waals surface area contributed by atoms with Gasteiger partial charge >= 0.3 is 5.97 Å². The Hall–Kier alpha value is -3.07. The lowest BCUT2D eigenvalue weighted by Crippen LogP contribution is -2.37. The van der Waals surface area contributed by atoms with Crippen LogP contribution < -0.4 is 5.32 Å². The Morgan fingerprint density at radius 3 is 2.42 bits per heavy atom. The molecule has 1 saturated carbocycles. The van der Waals surface area contributed by atoms with Crippen molar-refractivity contribution in [1.29, 1.82) is 0 Å². The highest BCUT2D eigenvalue weighted by Crippen LogP contribution is 2.37. The van der Waals surface area contributed by atoms with Crippen LogP contribution in [-0.4, -0.2) is 46.7 Å². The molecule has 0 spiro atoms. The third-order valence-corrected chi connectivity index (χ3v) is 6.44. The normalized spacial score (nSPS) is 20.5. The van der Waals surface area contributed by atoms with E-state index in [1.165, 1.54) is 11.3 Å². The molecule has 2 heterocycles. The van der Waals surface area contributed by atoms with Crippen LogP contribution in [0.15, 0.2) is 29.6 Å². The predicted molar refractivity (Wildman–Crippen MR) is 114 cm³/mol. The molecule has 1 aromatic heterocycles. The van der Waals surface area contributed by atoms with E-state index in [1.54, 1.807) is 0 Å². The second-order valence-electron chi connectivity index (χ2n) is 7.87. The Morgan fingerprint density at radius 2 is 1.77 bits per heavy atom. The van der Waals surface area contributed by atoms with Crippen molar-refractivity contribution in [3.05, 3.63) is 35.2 Å². The summed E-state index contributed by atoms with van der Waals surface area (Å²) in [7, 11) is 0. The summed E-state index contributed by atoms with van der Waals surface area (Å²) in [4.78, 5) is 54.4. The lowest BCUT2D eigenvalue weighted by atomic mass is 9.81. The minimum absolute atomic E-state index is 0.303. The summed E-state index contributed by atoms with van der Waals surface area (Å²) in [5.41, 5.74) is 2.82. The van der Waals surface area contributed by atoms with E-state index in [9.17, 15) is 19.2 Å². The predicted octanol–water partition coefficient (Wildman–Crippen LogP) is 2.78. The number of fused-ring (bicyclic) bond motifs is 1. The second kappa shape index (κ2) is 8.97. The van der Waals surface area contributed by atoms with Gasteiger partial charge in [0.15, 0.2) is 11.7 Å². The number of carbonyl (C=O) groups excluding carboxylic acids is 4. The van der Waals surface area contributed by atoms with Crippen LogP contribution >= 0.6 is 11.3 Å². The minimum Gasteiger partial charge on any atom is -0.454 e. The van der Waals surface area contributed by atoms with Gasteiger partial charge in [0.05, 0.1) is 17.5 Å². The monoisotopic (exact) mass is 441 g/mol. The molecule has 162 valence electrons. The number of hydrogen-bond donors (Lipinski definition) is 1. The maximum absolute atomic E-state index is 12.4. The quantitative estimate of drug-likeness (QED) is 0.546. The lowest BCUT2D eigenvalue weighted by molar-refractivity contribution is -0.154. The number of rotatable bonds is 6. The molecule has 0 radical (unpaired) electrons. The molecule has 31 heavy (non-hydrogen) atoms. The average molecular weight is 442 g/mol. The van der Waals surface area contributed by atoms with Crippen LogP contribution in [0.3, 0.4) is 0 Å². The molecule has 2 fully saturated rings. The summed E-state index contributed by atoms with van der Waals surface area (Å²) in [6.45, 7) is 1.04. The number of aromatic nitrogens is 1. The van der Waals surface area contributed by atoms with E-state index >= 15 is 0 Å². The summed E-state index contributed by atoms with van der Waals surface area (Å²) < 4.78 is 4.97. The molecular formula is C22H23N3O5S. The summed E-state index contributed by atoms with van der Waals surface area (Å²) >= 11 is 1.27. The zero-order valence-electron chi connectivity index (χ0n) is 17.1. The first-order valence-electron chi connectivity index (χ1n) is 10.3. The Kier molecular flexibility index (Phi) is 6.13. The molecule has 4 rings (SSSR count). The highest BCUT2D eigenvalue weighted by Gasteiger charge is 2.48. The number of aryl methyl sites for hydroxylation is 1. The molecule has 1 aliphatic heterocycles. The van der Waals surface area contributed by atoms with E-state index in [1.807, 2.05) is 36.6 Å². The second-order valence-corrected chi connectivity index (χ2v) is 8.73. The Labute approximate surface area is 183 Å². The average Bonchev–Trinajstić information content (AvgIpc) is 3.32. The molecular weight excluding hydrogens is 418 g/mol. The molecule has 0 bridgehead atoms. The Morgan fingerprint density at radius 1 is 1.13 bits per heavy atom. The number of benzene rings is 1. The molecule has 1 aliphatic carbocycles. The highest BCUT2D eigenvalue weighted by molar-refractivity contribution is 7.14. The van der Waals surface area contributed by atoms with Crippen molar-refractivity contribution in [2.24, 2.45) is 11.8 Å². The van der Waals surface area contributed by atoms with Gasteiger partial charge in [0.2, 0.25) is 11.8 Å². The first-order chi connectivity index (χ1) is 14.9. The Bertz CT molecular complexity index is 992.